The van der Waals surface area contributed by atoms with Gasteiger partial charge in [-0.05, 0) is 67.4 Å². The summed E-state index contributed by atoms with van der Waals surface area (Å²) in [6, 6.07) is 19.6. The summed E-state index contributed by atoms with van der Waals surface area (Å²) in [5.41, 5.74) is 4.10. The zero-order chi connectivity index (χ0) is 20.1. The molecule has 2 N–H and O–H groups in total. The molecule has 0 saturated carbocycles. The number of aryl methyl sites for hydroxylation is 2. The Hall–Kier alpha value is -3.60. The number of benzene rings is 3. The Labute approximate surface area is 164 Å². The van der Waals surface area contributed by atoms with Gasteiger partial charge in [-0.3, -0.25) is 9.59 Å². The number of para-hydroxylation sites is 1. The van der Waals surface area contributed by atoms with Gasteiger partial charge >= 0.3 is 0 Å². The molecule has 0 bridgehead atoms. The molecule has 0 heterocycles. The minimum Gasteiger partial charge on any atom is -0.497 e. The fraction of sp³-hybridized carbons (Fsp3) is 0.130. The van der Waals surface area contributed by atoms with Crippen LogP contribution in [0.25, 0.3) is 0 Å². The summed E-state index contributed by atoms with van der Waals surface area (Å²) in [4.78, 5) is 25.4. The maximum absolute atomic E-state index is 12.8. The average molecular weight is 374 g/mol. The van der Waals surface area contributed by atoms with Gasteiger partial charge in [0.25, 0.3) is 11.8 Å². The van der Waals surface area contributed by atoms with E-state index in [9.17, 15) is 9.59 Å². The molecule has 0 aromatic heterocycles. The summed E-state index contributed by atoms with van der Waals surface area (Å²) in [5, 5.41) is 5.75. The topological polar surface area (TPSA) is 67.4 Å². The summed E-state index contributed by atoms with van der Waals surface area (Å²) in [5.74, 6) is 0.0961. The third-order valence-electron chi connectivity index (χ3n) is 4.41. The number of hydrogen-bond donors (Lipinski definition) is 2. The van der Waals surface area contributed by atoms with E-state index in [4.69, 9.17) is 4.74 Å². The summed E-state index contributed by atoms with van der Waals surface area (Å²) in [6.45, 7) is 3.91. The highest BCUT2D eigenvalue weighted by Crippen LogP contribution is 2.21. The van der Waals surface area contributed by atoms with Gasteiger partial charge < -0.3 is 15.4 Å². The van der Waals surface area contributed by atoms with Crippen LogP contribution in [0.15, 0.2) is 66.7 Å². The molecule has 142 valence electrons. The van der Waals surface area contributed by atoms with E-state index < -0.39 is 0 Å². The number of nitrogens with one attached hydrogen (secondary N) is 2. The van der Waals surface area contributed by atoms with Crippen LogP contribution < -0.4 is 15.4 Å². The maximum Gasteiger partial charge on any atom is 0.257 e. The molecule has 0 aliphatic heterocycles. The summed E-state index contributed by atoms with van der Waals surface area (Å²) in [7, 11) is 1.57. The number of amides is 2. The number of rotatable bonds is 5. The van der Waals surface area contributed by atoms with Crippen molar-refractivity contribution in [3.63, 3.8) is 0 Å². The maximum atomic E-state index is 12.8. The molecule has 0 unspecified atom stereocenters. The van der Waals surface area contributed by atoms with Crippen molar-refractivity contribution < 1.29 is 14.3 Å². The van der Waals surface area contributed by atoms with Crippen molar-refractivity contribution in [2.75, 3.05) is 17.7 Å². The van der Waals surface area contributed by atoms with Crippen molar-refractivity contribution in [3.8, 4) is 5.75 Å². The number of anilines is 2. The molecule has 0 aliphatic carbocycles. The number of carbonyl (C=O) groups excluding carboxylic acids is 2. The van der Waals surface area contributed by atoms with Crippen molar-refractivity contribution in [2.24, 2.45) is 0 Å². The molecule has 0 radical (unpaired) electrons. The van der Waals surface area contributed by atoms with Gasteiger partial charge in [0.2, 0.25) is 0 Å². The van der Waals surface area contributed by atoms with Gasteiger partial charge in [0.15, 0.2) is 0 Å². The van der Waals surface area contributed by atoms with Gasteiger partial charge in [-0.25, -0.2) is 0 Å². The van der Waals surface area contributed by atoms with E-state index in [1.807, 2.05) is 32.0 Å². The second kappa shape index (κ2) is 8.39. The molecule has 0 aliphatic rings. The summed E-state index contributed by atoms with van der Waals surface area (Å²) >= 11 is 0. The van der Waals surface area contributed by atoms with E-state index in [0.717, 1.165) is 16.8 Å². The fourth-order valence-electron chi connectivity index (χ4n) is 2.79. The molecule has 0 saturated heterocycles. The standard InChI is InChI=1S/C23H22N2O3/c1-15-8-9-16(2)21(14-15)25-23(27)19-6-4-5-7-20(19)24-22(26)17-10-12-18(28-3)13-11-17/h4-14H,1-3H3,(H,24,26)(H,25,27). The van der Waals surface area contributed by atoms with Crippen LogP contribution in [0.1, 0.15) is 31.8 Å². The second-order valence-electron chi connectivity index (χ2n) is 6.50. The van der Waals surface area contributed by atoms with Crippen molar-refractivity contribution in [3.05, 3.63) is 89.0 Å². The van der Waals surface area contributed by atoms with Gasteiger partial charge in [0, 0.05) is 11.3 Å². The van der Waals surface area contributed by atoms with Crippen LogP contribution in [0.4, 0.5) is 11.4 Å². The van der Waals surface area contributed by atoms with Crippen LogP contribution >= 0.6 is 0 Å². The summed E-state index contributed by atoms with van der Waals surface area (Å²) in [6.07, 6.45) is 0. The zero-order valence-corrected chi connectivity index (χ0v) is 16.1. The van der Waals surface area contributed by atoms with Crippen molar-refractivity contribution in [1.29, 1.82) is 0 Å². The predicted octanol–water partition coefficient (Wildman–Crippen LogP) is 4.82. The monoisotopic (exact) mass is 374 g/mol. The van der Waals surface area contributed by atoms with Gasteiger partial charge in [0.1, 0.15) is 5.75 Å². The third kappa shape index (κ3) is 4.38. The summed E-state index contributed by atoms with van der Waals surface area (Å²) < 4.78 is 5.11. The van der Waals surface area contributed by atoms with E-state index in [1.54, 1.807) is 55.6 Å². The normalized spacial score (nSPS) is 10.2. The van der Waals surface area contributed by atoms with Crippen LogP contribution in [0.3, 0.4) is 0 Å². The first-order chi connectivity index (χ1) is 13.5. The average Bonchev–Trinajstić information content (AvgIpc) is 2.71. The lowest BCUT2D eigenvalue weighted by Crippen LogP contribution is -2.18. The van der Waals surface area contributed by atoms with Gasteiger partial charge in [-0.2, -0.15) is 0 Å². The number of carbonyl (C=O) groups is 2. The Morgan fingerprint density at radius 3 is 2.18 bits per heavy atom. The predicted molar refractivity (Wildman–Crippen MR) is 111 cm³/mol. The molecule has 0 atom stereocenters. The largest absolute Gasteiger partial charge is 0.497 e. The highest BCUT2D eigenvalue weighted by atomic mass is 16.5. The van der Waals surface area contributed by atoms with Gasteiger partial charge in [-0.15, -0.1) is 0 Å². The molecule has 2 amide bonds. The smallest absolute Gasteiger partial charge is 0.257 e. The molecular formula is C23H22N2O3. The Morgan fingerprint density at radius 1 is 0.786 bits per heavy atom. The Kier molecular flexibility index (Phi) is 5.75. The fourth-order valence-corrected chi connectivity index (χ4v) is 2.79. The quantitative estimate of drug-likeness (QED) is 0.673. The van der Waals surface area contributed by atoms with E-state index in [1.165, 1.54) is 0 Å². The second-order valence-corrected chi connectivity index (χ2v) is 6.50. The number of methoxy groups -OCH3 is 1. The zero-order valence-electron chi connectivity index (χ0n) is 16.1. The molecular weight excluding hydrogens is 352 g/mol. The lowest BCUT2D eigenvalue weighted by Gasteiger charge is -2.13. The van der Waals surface area contributed by atoms with E-state index in [0.29, 0.717) is 22.6 Å². The van der Waals surface area contributed by atoms with Crippen LogP contribution in [-0.4, -0.2) is 18.9 Å². The van der Waals surface area contributed by atoms with Crippen molar-refractivity contribution in [2.45, 2.75) is 13.8 Å². The minimum atomic E-state index is -0.297. The molecule has 5 nitrogen and oxygen atoms in total. The van der Waals surface area contributed by atoms with Crippen LogP contribution in [0, 0.1) is 13.8 Å². The highest BCUT2D eigenvalue weighted by molar-refractivity contribution is 6.12. The van der Waals surface area contributed by atoms with Crippen LogP contribution in [0.5, 0.6) is 5.75 Å². The van der Waals surface area contributed by atoms with E-state index in [-0.39, 0.29) is 11.8 Å². The SMILES string of the molecule is COc1ccc(C(=O)Nc2ccccc2C(=O)Nc2cc(C)ccc2C)cc1. The molecule has 5 heteroatoms. The molecule has 28 heavy (non-hydrogen) atoms. The Balaban J connectivity index is 1.81. The first kappa shape index (κ1) is 19.2. The molecule has 3 rings (SSSR count). The van der Waals surface area contributed by atoms with Crippen LogP contribution in [0.2, 0.25) is 0 Å². The molecule has 0 fully saturated rings. The number of hydrogen-bond acceptors (Lipinski definition) is 3. The van der Waals surface area contributed by atoms with Gasteiger partial charge in [-0.1, -0.05) is 24.3 Å². The Morgan fingerprint density at radius 2 is 1.46 bits per heavy atom. The highest BCUT2D eigenvalue weighted by Gasteiger charge is 2.15. The lowest BCUT2D eigenvalue weighted by atomic mass is 10.1. The molecule has 3 aromatic rings. The minimum absolute atomic E-state index is 0.278. The van der Waals surface area contributed by atoms with E-state index >= 15 is 0 Å². The third-order valence-corrected chi connectivity index (χ3v) is 4.41. The number of ether oxygens (including phenoxy) is 1. The van der Waals surface area contributed by atoms with Crippen LogP contribution in [-0.2, 0) is 0 Å². The van der Waals surface area contributed by atoms with E-state index in [2.05, 4.69) is 10.6 Å². The Bertz CT molecular complexity index is 1010. The van der Waals surface area contributed by atoms with Crippen molar-refractivity contribution >= 4 is 23.2 Å². The van der Waals surface area contributed by atoms with Gasteiger partial charge in [0.05, 0.1) is 18.4 Å². The van der Waals surface area contributed by atoms with Crippen molar-refractivity contribution in [1.82, 2.24) is 0 Å². The first-order valence-corrected chi connectivity index (χ1v) is 8.91. The molecule has 0 spiro atoms. The molecule has 3 aromatic carbocycles. The first-order valence-electron chi connectivity index (χ1n) is 8.91. The lowest BCUT2D eigenvalue weighted by molar-refractivity contribution is 0.102.